The first-order chi connectivity index (χ1) is 11.5. The van der Waals surface area contributed by atoms with Crippen molar-refractivity contribution in [2.24, 2.45) is 0 Å². The van der Waals surface area contributed by atoms with Gasteiger partial charge in [0.2, 0.25) is 0 Å². The number of nitrogens with one attached hydrogen (secondary N) is 2. The first-order valence-corrected chi connectivity index (χ1v) is 7.90. The molecule has 1 amide bonds. The minimum atomic E-state index is -0.724. The third-order valence-electron chi connectivity index (χ3n) is 3.21. The molecule has 0 radical (unpaired) electrons. The van der Waals surface area contributed by atoms with Crippen molar-refractivity contribution in [2.75, 3.05) is 10.6 Å². The molecule has 0 saturated carbocycles. The Kier molecular flexibility index (Phi) is 4.52. The van der Waals surface area contributed by atoms with Crippen LogP contribution in [0.3, 0.4) is 0 Å². The minimum absolute atomic E-state index is 0.0974. The average Bonchev–Trinajstić information content (AvgIpc) is 2.92. The number of anilines is 3. The van der Waals surface area contributed by atoms with E-state index < -0.39 is 11.6 Å². The highest BCUT2D eigenvalue weighted by Gasteiger charge is 2.16. The monoisotopic (exact) mass is 345 g/mol. The largest absolute Gasteiger partial charge is 0.329 e. The Morgan fingerprint density at radius 3 is 2.58 bits per heavy atom. The van der Waals surface area contributed by atoms with Gasteiger partial charge in [0.1, 0.15) is 16.5 Å². The van der Waals surface area contributed by atoms with E-state index in [0.29, 0.717) is 21.4 Å². The molecule has 2 N–H and O–H groups in total. The van der Waals surface area contributed by atoms with E-state index in [0.717, 1.165) is 23.5 Å². The van der Waals surface area contributed by atoms with Crippen LogP contribution in [0.4, 0.5) is 25.3 Å². The molecule has 0 saturated heterocycles. The van der Waals surface area contributed by atoms with E-state index in [1.807, 2.05) is 18.2 Å². The van der Waals surface area contributed by atoms with Crippen LogP contribution in [-0.4, -0.2) is 10.9 Å². The number of nitrogens with zero attached hydrogens (tertiary/aromatic N) is 1. The van der Waals surface area contributed by atoms with E-state index in [9.17, 15) is 13.6 Å². The number of aryl methyl sites for hydroxylation is 1. The summed E-state index contributed by atoms with van der Waals surface area (Å²) in [7, 11) is 0. The van der Waals surface area contributed by atoms with Crippen LogP contribution < -0.4 is 10.6 Å². The number of hydrogen-bond acceptors (Lipinski definition) is 4. The summed E-state index contributed by atoms with van der Waals surface area (Å²) in [5.74, 6) is -1.67. The Morgan fingerprint density at radius 2 is 1.88 bits per heavy atom. The van der Waals surface area contributed by atoms with Gasteiger partial charge < -0.3 is 10.6 Å². The zero-order chi connectivity index (χ0) is 17.1. The Bertz CT molecular complexity index is 881. The third kappa shape index (κ3) is 3.57. The van der Waals surface area contributed by atoms with Gasteiger partial charge in [-0.1, -0.05) is 29.5 Å². The Balaban J connectivity index is 1.78. The van der Waals surface area contributed by atoms with Gasteiger partial charge in [-0.25, -0.2) is 13.8 Å². The maximum absolute atomic E-state index is 13.7. The lowest BCUT2D eigenvalue weighted by Gasteiger charge is -2.04. The van der Waals surface area contributed by atoms with Crippen molar-refractivity contribution in [2.45, 2.75) is 6.92 Å². The van der Waals surface area contributed by atoms with Gasteiger partial charge in [0.05, 0.1) is 11.4 Å². The lowest BCUT2D eigenvalue weighted by atomic mass is 10.3. The molecule has 1 heterocycles. The van der Waals surface area contributed by atoms with E-state index in [4.69, 9.17) is 0 Å². The van der Waals surface area contributed by atoms with Gasteiger partial charge in [0.25, 0.3) is 5.91 Å². The maximum atomic E-state index is 13.7. The maximum Gasteiger partial charge on any atom is 0.267 e. The lowest BCUT2D eigenvalue weighted by Crippen LogP contribution is -2.11. The van der Waals surface area contributed by atoms with Crippen molar-refractivity contribution in [3.05, 3.63) is 70.7 Å². The topological polar surface area (TPSA) is 54.0 Å². The molecular formula is C17H13F2N3OS. The van der Waals surface area contributed by atoms with E-state index in [1.165, 1.54) is 6.07 Å². The molecule has 0 aliphatic carbocycles. The van der Waals surface area contributed by atoms with E-state index in [-0.39, 0.29) is 11.6 Å². The quantitative estimate of drug-likeness (QED) is 0.719. The summed E-state index contributed by atoms with van der Waals surface area (Å²) in [6, 6.07) is 12.3. The SMILES string of the molecule is Cc1nc(Nc2ccc(F)cc2F)sc1C(=O)Nc1ccccc1. The lowest BCUT2D eigenvalue weighted by molar-refractivity contribution is 0.103. The molecule has 0 fully saturated rings. The molecule has 4 nitrogen and oxygen atoms in total. The molecule has 0 atom stereocenters. The fraction of sp³-hybridized carbons (Fsp3) is 0.0588. The molecule has 24 heavy (non-hydrogen) atoms. The molecule has 3 rings (SSSR count). The number of para-hydroxylation sites is 1. The molecule has 7 heteroatoms. The molecule has 0 bridgehead atoms. The van der Waals surface area contributed by atoms with Crippen molar-refractivity contribution in [3.8, 4) is 0 Å². The minimum Gasteiger partial charge on any atom is -0.329 e. The van der Waals surface area contributed by atoms with Crippen molar-refractivity contribution < 1.29 is 13.6 Å². The predicted octanol–water partition coefficient (Wildman–Crippen LogP) is 4.73. The zero-order valence-electron chi connectivity index (χ0n) is 12.6. The van der Waals surface area contributed by atoms with Crippen LogP contribution >= 0.6 is 11.3 Å². The van der Waals surface area contributed by atoms with Crippen molar-refractivity contribution in [1.82, 2.24) is 4.98 Å². The van der Waals surface area contributed by atoms with Gasteiger partial charge in [0, 0.05) is 11.8 Å². The second-order valence-corrected chi connectivity index (χ2v) is 6.00. The number of halogens is 2. The van der Waals surface area contributed by atoms with Crippen molar-refractivity contribution in [3.63, 3.8) is 0 Å². The second kappa shape index (κ2) is 6.76. The van der Waals surface area contributed by atoms with Crippen LogP contribution in [0, 0.1) is 18.6 Å². The fourth-order valence-electron chi connectivity index (χ4n) is 2.08. The van der Waals surface area contributed by atoms with Crippen molar-refractivity contribution in [1.29, 1.82) is 0 Å². The number of amides is 1. The third-order valence-corrected chi connectivity index (χ3v) is 4.28. The van der Waals surface area contributed by atoms with Crippen LogP contribution in [0.5, 0.6) is 0 Å². The highest BCUT2D eigenvalue weighted by atomic mass is 32.1. The van der Waals surface area contributed by atoms with Crippen LogP contribution in [-0.2, 0) is 0 Å². The summed E-state index contributed by atoms with van der Waals surface area (Å²) in [6.07, 6.45) is 0. The summed E-state index contributed by atoms with van der Waals surface area (Å²) in [5, 5.41) is 5.90. The molecule has 3 aromatic rings. The molecule has 1 aromatic heterocycles. The number of thiazole rings is 1. The van der Waals surface area contributed by atoms with Gasteiger partial charge in [-0.2, -0.15) is 0 Å². The Hall–Kier alpha value is -2.80. The van der Waals surface area contributed by atoms with Gasteiger partial charge in [-0.05, 0) is 31.2 Å². The van der Waals surface area contributed by atoms with Gasteiger partial charge in [-0.15, -0.1) is 0 Å². The number of rotatable bonds is 4. The molecule has 0 aliphatic rings. The Morgan fingerprint density at radius 1 is 1.12 bits per heavy atom. The van der Waals surface area contributed by atoms with Gasteiger partial charge in [0.15, 0.2) is 5.13 Å². The molecule has 0 unspecified atom stereocenters. The van der Waals surface area contributed by atoms with E-state index in [1.54, 1.807) is 19.1 Å². The predicted molar refractivity (Wildman–Crippen MR) is 90.9 cm³/mol. The van der Waals surface area contributed by atoms with Crippen LogP contribution in [0.15, 0.2) is 48.5 Å². The first kappa shape index (κ1) is 16.1. The summed E-state index contributed by atoms with van der Waals surface area (Å²) in [4.78, 5) is 17.0. The molecular weight excluding hydrogens is 332 g/mol. The number of carbonyl (C=O) groups is 1. The first-order valence-electron chi connectivity index (χ1n) is 7.09. The van der Waals surface area contributed by atoms with Gasteiger partial charge in [-0.3, -0.25) is 4.79 Å². The Labute approximate surface area is 141 Å². The van der Waals surface area contributed by atoms with Crippen LogP contribution in [0.2, 0.25) is 0 Å². The number of aromatic nitrogens is 1. The highest BCUT2D eigenvalue weighted by Crippen LogP contribution is 2.28. The average molecular weight is 345 g/mol. The van der Waals surface area contributed by atoms with Crippen LogP contribution in [0.25, 0.3) is 0 Å². The molecule has 2 aromatic carbocycles. The normalized spacial score (nSPS) is 10.5. The van der Waals surface area contributed by atoms with Gasteiger partial charge >= 0.3 is 0 Å². The summed E-state index contributed by atoms with van der Waals surface area (Å²) < 4.78 is 26.6. The smallest absolute Gasteiger partial charge is 0.267 e. The van der Waals surface area contributed by atoms with Crippen LogP contribution in [0.1, 0.15) is 15.4 Å². The number of hydrogen-bond donors (Lipinski definition) is 2. The highest BCUT2D eigenvalue weighted by molar-refractivity contribution is 7.17. The summed E-state index contributed by atoms with van der Waals surface area (Å²) in [5.41, 5.74) is 1.30. The molecule has 0 aliphatic heterocycles. The van der Waals surface area contributed by atoms with E-state index in [2.05, 4.69) is 15.6 Å². The summed E-state index contributed by atoms with van der Waals surface area (Å²) >= 11 is 1.10. The fourth-order valence-corrected chi connectivity index (χ4v) is 2.95. The summed E-state index contributed by atoms with van der Waals surface area (Å²) in [6.45, 7) is 1.70. The standard InChI is InChI=1S/C17H13F2N3OS/c1-10-15(16(23)21-12-5-3-2-4-6-12)24-17(20-10)22-14-8-7-11(18)9-13(14)19/h2-9H,1H3,(H,20,22)(H,21,23). The molecule has 0 spiro atoms. The zero-order valence-corrected chi connectivity index (χ0v) is 13.5. The number of carbonyl (C=O) groups excluding carboxylic acids is 1. The molecule has 122 valence electrons. The number of benzene rings is 2. The second-order valence-electron chi connectivity index (χ2n) is 5.00. The van der Waals surface area contributed by atoms with Crippen molar-refractivity contribution >= 4 is 33.8 Å². The van der Waals surface area contributed by atoms with E-state index >= 15 is 0 Å².